The molecule has 0 fully saturated rings. The van der Waals surface area contributed by atoms with Crippen molar-refractivity contribution in [2.45, 2.75) is 13.5 Å². The molecular formula is C17H14ClF2N5O3. The predicted octanol–water partition coefficient (Wildman–Crippen LogP) is 3.76. The molecule has 1 aromatic carbocycles. The summed E-state index contributed by atoms with van der Waals surface area (Å²) in [6.07, 6.45) is 6.15. The Labute approximate surface area is 163 Å². The molecule has 0 aliphatic rings. The molecule has 0 amide bonds. The minimum absolute atomic E-state index is 0.0630. The van der Waals surface area contributed by atoms with E-state index in [1.165, 1.54) is 36.3 Å². The molecule has 0 saturated heterocycles. The smallest absolute Gasteiger partial charge is 0.387 e. The van der Waals surface area contributed by atoms with Gasteiger partial charge in [0.15, 0.2) is 5.75 Å². The van der Waals surface area contributed by atoms with Gasteiger partial charge in [-0.05, 0) is 19.1 Å². The first kappa shape index (κ1) is 19.5. The van der Waals surface area contributed by atoms with Crippen molar-refractivity contribution in [2.24, 2.45) is 0 Å². The van der Waals surface area contributed by atoms with Gasteiger partial charge in [0.2, 0.25) is 0 Å². The summed E-state index contributed by atoms with van der Waals surface area (Å²) in [4.78, 5) is 7.99. The molecule has 0 saturated carbocycles. The Balaban J connectivity index is 1.75. The van der Waals surface area contributed by atoms with Crippen LogP contribution in [-0.2, 0) is 0 Å². The quantitative estimate of drug-likeness (QED) is 0.549. The monoisotopic (exact) mass is 409 g/mol. The van der Waals surface area contributed by atoms with Crippen LogP contribution in [0.4, 0.5) is 8.78 Å². The Kier molecular flexibility index (Phi) is 5.99. The summed E-state index contributed by atoms with van der Waals surface area (Å²) in [5.41, 5.74) is 0.918. The second-order valence-electron chi connectivity index (χ2n) is 5.34. The maximum Gasteiger partial charge on any atom is 0.387 e. The lowest BCUT2D eigenvalue weighted by Gasteiger charge is -2.08. The summed E-state index contributed by atoms with van der Waals surface area (Å²) >= 11 is 5.85. The molecule has 0 aliphatic heterocycles. The zero-order valence-electron chi connectivity index (χ0n) is 14.7. The van der Waals surface area contributed by atoms with Gasteiger partial charge in [0.05, 0.1) is 36.4 Å². The minimum atomic E-state index is -2.98. The Morgan fingerprint density at radius 2 is 2.00 bits per heavy atom. The Morgan fingerprint density at radius 3 is 2.68 bits per heavy atom. The number of benzene rings is 1. The normalized spacial score (nSPS) is 11.6. The molecule has 2 aromatic heterocycles. The summed E-state index contributed by atoms with van der Waals surface area (Å²) in [6, 6.07) is 4.51. The van der Waals surface area contributed by atoms with Crippen molar-refractivity contribution >= 4 is 17.7 Å². The van der Waals surface area contributed by atoms with E-state index < -0.39 is 6.61 Å². The molecule has 0 spiro atoms. The van der Waals surface area contributed by atoms with Gasteiger partial charge in [0.25, 0.3) is 0 Å². The fourth-order valence-electron chi connectivity index (χ4n) is 2.13. The molecular weight excluding hydrogens is 396 g/mol. The van der Waals surface area contributed by atoms with Gasteiger partial charge < -0.3 is 14.2 Å². The summed E-state index contributed by atoms with van der Waals surface area (Å²) in [6.45, 7) is -1.29. The van der Waals surface area contributed by atoms with Gasteiger partial charge >= 0.3 is 12.6 Å². The topological polar surface area (TPSA) is 84.2 Å². The highest BCUT2D eigenvalue weighted by Crippen LogP contribution is 2.28. The number of hydrogen-bond acceptors (Lipinski definition) is 7. The summed E-state index contributed by atoms with van der Waals surface area (Å²) in [5, 5.41) is 8.00. The number of hydrogen-bond donors (Lipinski definition) is 0. The summed E-state index contributed by atoms with van der Waals surface area (Å²) in [5.74, 6) is 0.822. The van der Waals surface area contributed by atoms with Crippen LogP contribution in [-0.4, -0.2) is 38.7 Å². The van der Waals surface area contributed by atoms with Crippen molar-refractivity contribution in [2.75, 3.05) is 7.11 Å². The average Bonchev–Trinajstić information content (AvgIpc) is 3.12. The molecule has 0 unspecified atom stereocenters. The van der Waals surface area contributed by atoms with Gasteiger partial charge in [-0.1, -0.05) is 16.8 Å². The van der Waals surface area contributed by atoms with E-state index in [1.54, 1.807) is 25.3 Å². The van der Waals surface area contributed by atoms with Crippen LogP contribution in [0.25, 0.3) is 11.8 Å². The highest BCUT2D eigenvalue weighted by molar-refractivity contribution is 6.32. The first-order valence-electron chi connectivity index (χ1n) is 7.84. The first-order valence-corrected chi connectivity index (χ1v) is 8.21. The van der Waals surface area contributed by atoms with Crippen LogP contribution in [0.3, 0.4) is 0 Å². The molecule has 0 aliphatic carbocycles. The number of ether oxygens (including phenoxy) is 3. The van der Waals surface area contributed by atoms with E-state index in [0.717, 1.165) is 0 Å². The highest BCUT2D eigenvalue weighted by atomic mass is 35.5. The number of methoxy groups -OCH3 is 1. The number of alkyl halides is 2. The molecule has 0 atom stereocenters. The fourth-order valence-corrected chi connectivity index (χ4v) is 2.30. The molecule has 2 heterocycles. The number of aromatic nitrogens is 5. The van der Waals surface area contributed by atoms with E-state index in [9.17, 15) is 8.78 Å². The first-order chi connectivity index (χ1) is 13.4. The van der Waals surface area contributed by atoms with Crippen LogP contribution in [0.1, 0.15) is 12.6 Å². The van der Waals surface area contributed by atoms with Crippen LogP contribution in [0.2, 0.25) is 5.02 Å². The van der Waals surface area contributed by atoms with Gasteiger partial charge in [-0.25, -0.2) is 4.68 Å². The predicted molar refractivity (Wildman–Crippen MR) is 95.9 cm³/mol. The molecule has 0 bridgehead atoms. The second kappa shape index (κ2) is 8.61. The van der Waals surface area contributed by atoms with E-state index >= 15 is 0 Å². The van der Waals surface area contributed by atoms with Gasteiger partial charge in [-0.2, -0.15) is 18.7 Å². The van der Waals surface area contributed by atoms with Crippen LogP contribution in [0.15, 0.2) is 42.5 Å². The van der Waals surface area contributed by atoms with Crippen LogP contribution >= 0.6 is 11.6 Å². The standard InChI is InChI=1S/C17H14ClF2N5O3/c1-10(27-17-21-7-13(26-2)8-22-17)5-11-9-25(24-23-11)12-3-4-14(18)15(6-12)28-16(19)20/h3-9,16H,1-2H3. The zero-order chi connectivity index (χ0) is 20.1. The molecule has 28 heavy (non-hydrogen) atoms. The number of halogens is 3. The van der Waals surface area contributed by atoms with Gasteiger partial charge in [0.1, 0.15) is 17.2 Å². The third-order valence-corrected chi connectivity index (χ3v) is 3.66. The third kappa shape index (κ3) is 4.92. The number of nitrogens with zero attached hydrogens (tertiary/aromatic N) is 5. The minimum Gasteiger partial charge on any atom is -0.494 e. The fraction of sp³-hybridized carbons (Fsp3) is 0.176. The van der Waals surface area contributed by atoms with E-state index in [1.807, 2.05) is 0 Å². The van der Waals surface area contributed by atoms with E-state index in [0.29, 0.717) is 22.9 Å². The number of allylic oxidation sites excluding steroid dienone is 1. The SMILES string of the molecule is COc1cnc(OC(C)=Cc2cn(-c3ccc(Cl)c(OC(F)F)c3)nn2)nc1. The van der Waals surface area contributed by atoms with Crippen LogP contribution in [0, 0.1) is 0 Å². The van der Waals surface area contributed by atoms with Crippen molar-refractivity contribution in [3.63, 3.8) is 0 Å². The van der Waals surface area contributed by atoms with E-state index in [4.69, 9.17) is 21.1 Å². The second-order valence-corrected chi connectivity index (χ2v) is 5.75. The van der Waals surface area contributed by atoms with Crippen LogP contribution < -0.4 is 14.2 Å². The van der Waals surface area contributed by atoms with Gasteiger partial charge in [-0.3, -0.25) is 0 Å². The molecule has 0 radical (unpaired) electrons. The summed E-state index contributed by atoms with van der Waals surface area (Å²) in [7, 11) is 1.51. The van der Waals surface area contributed by atoms with E-state index in [2.05, 4.69) is 25.0 Å². The van der Waals surface area contributed by atoms with Crippen molar-refractivity contribution in [1.82, 2.24) is 25.0 Å². The molecule has 11 heteroatoms. The van der Waals surface area contributed by atoms with Crippen molar-refractivity contribution in [3.8, 4) is 23.2 Å². The number of rotatable bonds is 7. The highest BCUT2D eigenvalue weighted by Gasteiger charge is 2.11. The Hall–Kier alpha value is -3.27. The largest absolute Gasteiger partial charge is 0.494 e. The van der Waals surface area contributed by atoms with Crippen molar-refractivity contribution < 1.29 is 23.0 Å². The summed E-state index contributed by atoms with van der Waals surface area (Å²) < 4.78 is 41.1. The van der Waals surface area contributed by atoms with Gasteiger partial charge in [-0.15, -0.1) is 5.10 Å². The lowest BCUT2D eigenvalue weighted by atomic mass is 10.3. The van der Waals surface area contributed by atoms with Crippen LogP contribution in [0.5, 0.6) is 17.5 Å². The van der Waals surface area contributed by atoms with Crippen molar-refractivity contribution in [1.29, 1.82) is 0 Å². The molecule has 3 rings (SSSR count). The zero-order valence-corrected chi connectivity index (χ0v) is 15.5. The molecule has 8 nitrogen and oxygen atoms in total. The van der Waals surface area contributed by atoms with E-state index in [-0.39, 0.29) is 16.8 Å². The lowest BCUT2D eigenvalue weighted by molar-refractivity contribution is -0.0497. The Morgan fingerprint density at radius 1 is 1.25 bits per heavy atom. The lowest BCUT2D eigenvalue weighted by Crippen LogP contribution is -2.03. The third-order valence-electron chi connectivity index (χ3n) is 3.35. The molecule has 3 aromatic rings. The molecule has 0 N–H and O–H groups in total. The van der Waals surface area contributed by atoms with Gasteiger partial charge in [0, 0.05) is 12.1 Å². The molecule has 146 valence electrons. The average molecular weight is 410 g/mol. The maximum atomic E-state index is 12.4. The van der Waals surface area contributed by atoms with Crippen molar-refractivity contribution in [3.05, 3.63) is 53.3 Å². The Bertz CT molecular complexity index is 979. The maximum absolute atomic E-state index is 12.4.